The normalized spacial score (nSPS) is 24.5. The van der Waals surface area contributed by atoms with Gasteiger partial charge in [0.15, 0.2) is 0 Å². The average molecular weight is 220 g/mol. The van der Waals surface area contributed by atoms with Crippen molar-refractivity contribution < 1.29 is 8.42 Å². The van der Waals surface area contributed by atoms with Gasteiger partial charge in [0.1, 0.15) is 0 Å². The summed E-state index contributed by atoms with van der Waals surface area (Å²) in [7, 11) is -3.00. The van der Waals surface area contributed by atoms with Crippen molar-refractivity contribution >= 4 is 10.0 Å². The third-order valence-corrected chi connectivity index (χ3v) is 3.34. The highest BCUT2D eigenvalue weighted by atomic mass is 32.2. The predicted octanol–water partition coefficient (Wildman–Crippen LogP) is 0.315. The molecule has 0 aromatic carbocycles. The van der Waals surface area contributed by atoms with Crippen LogP contribution in [0, 0.1) is 5.92 Å². The third kappa shape index (κ3) is 5.57. The molecule has 0 aliphatic carbocycles. The molecule has 5 heteroatoms. The Morgan fingerprint density at radius 1 is 1.36 bits per heavy atom. The Labute approximate surface area is 86.5 Å². The van der Waals surface area contributed by atoms with Crippen molar-refractivity contribution in [1.82, 2.24) is 10.0 Å². The lowest BCUT2D eigenvalue weighted by molar-refractivity contribution is 0.437. The first-order chi connectivity index (χ1) is 6.58. The third-order valence-electron chi connectivity index (χ3n) is 2.61. The number of nitrogens with one attached hydrogen (secondary N) is 2. The van der Waals surface area contributed by atoms with Gasteiger partial charge in [0.05, 0.1) is 6.26 Å². The lowest BCUT2D eigenvalue weighted by Crippen LogP contribution is -2.25. The van der Waals surface area contributed by atoms with Gasteiger partial charge in [-0.15, -0.1) is 0 Å². The van der Waals surface area contributed by atoms with E-state index in [0.29, 0.717) is 12.5 Å². The summed E-state index contributed by atoms with van der Waals surface area (Å²) in [6.45, 7) is 2.77. The highest BCUT2D eigenvalue weighted by Gasteiger charge is 2.12. The Bertz CT molecular complexity index is 244. The average Bonchev–Trinajstić information content (AvgIpc) is 2.30. The first kappa shape index (κ1) is 11.9. The van der Waals surface area contributed by atoms with E-state index in [1.54, 1.807) is 0 Å². The van der Waals surface area contributed by atoms with Gasteiger partial charge < -0.3 is 5.32 Å². The van der Waals surface area contributed by atoms with Crippen molar-refractivity contribution in [1.29, 1.82) is 0 Å². The summed E-state index contributed by atoms with van der Waals surface area (Å²) in [5, 5.41) is 3.35. The van der Waals surface area contributed by atoms with Gasteiger partial charge in [0.2, 0.25) is 10.0 Å². The second-order valence-electron chi connectivity index (χ2n) is 4.00. The standard InChI is InChI=1S/C9H20N2O2S/c1-14(12,13)11-8-5-9-3-2-6-10-7-4-9/h9-11H,2-8H2,1H3. The van der Waals surface area contributed by atoms with Crippen molar-refractivity contribution in [2.24, 2.45) is 5.92 Å². The van der Waals surface area contributed by atoms with Crippen LogP contribution >= 0.6 is 0 Å². The van der Waals surface area contributed by atoms with Crippen molar-refractivity contribution in [3.05, 3.63) is 0 Å². The van der Waals surface area contributed by atoms with Gasteiger partial charge in [0.25, 0.3) is 0 Å². The summed E-state index contributed by atoms with van der Waals surface area (Å²) in [5.41, 5.74) is 0. The molecule has 0 spiro atoms. The molecule has 0 amide bonds. The molecule has 0 radical (unpaired) electrons. The Kier molecular flexibility index (Phi) is 4.84. The summed E-state index contributed by atoms with van der Waals surface area (Å²) in [6, 6.07) is 0. The summed E-state index contributed by atoms with van der Waals surface area (Å²) in [6.07, 6.45) is 5.78. The minimum absolute atomic E-state index is 0.587. The number of hydrogen-bond donors (Lipinski definition) is 2. The number of sulfonamides is 1. The zero-order valence-electron chi connectivity index (χ0n) is 8.75. The topological polar surface area (TPSA) is 58.2 Å². The molecule has 1 aliphatic rings. The molecule has 1 fully saturated rings. The minimum Gasteiger partial charge on any atom is -0.317 e. The molecular weight excluding hydrogens is 200 g/mol. The van der Waals surface area contributed by atoms with Crippen LogP contribution in [0.2, 0.25) is 0 Å². The fourth-order valence-electron chi connectivity index (χ4n) is 1.83. The second-order valence-corrected chi connectivity index (χ2v) is 5.84. The molecule has 0 saturated carbocycles. The van der Waals surface area contributed by atoms with Crippen LogP contribution < -0.4 is 10.0 Å². The number of rotatable bonds is 4. The summed E-state index contributed by atoms with van der Waals surface area (Å²) < 4.78 is 24.2. The van der Waals surface area contributed by atoms with Crippen molar-refractivity contribution in [2.75, 3.05) is 25.9 Å². The maximum Gasteiger partial charge on any atom is 0.208 e. The Morgan fingerprint density at radius 2 is 2.14 bits per heavy atom. The Balaban J connectivity index is 2.16. The molecule has 1 heterocycles. The smallest absolute Gasteiger partial charge is 0.208 e. The van der Waals surface area contributed by atoms with Gasteiger partial charge >= 0.3 is 0 Å². The Hall–Kier alpha value is -0.130. The molecule has 84 valence electrons. The first-order valence-electron chi connectivity index (χ1n) is 5.23. The maximum atomic E-state index is 10.8. The minimum atomic E-state index is -3.00. The van der Waals surface area contributed by atoms with E-state index < -0.39 is 10.0 Å². The van der Waals surface area contributed by atoms with Gasteiger partial charge in [-0.05, 0) is 44.7 Å². The van der Waals surface area contributed by atoms with E-state index in [1.165, 1.54) is 25.5 Å². The summed E-state index contributed by atoms with van der Waals surface area (Å²) in [5.74, 6) is 0.680. The monoisotopic (exact) mass is 220 g/mol. The van der Waals surface area contributed by atoms with Gasteiger partial charge in [-0.1, -0.05) is 0 Å². The van der Waals surface area contributed by atoms with Crippen LogP contribution in [0.15, 0.2) is 0 Å². The fourth-order valence-corrected chi connectivity index (χ4v) is 2.32. The van der Waals surface area contributed by atoms with Gasteiger partial charge in [-0.2, -0.15) is 0 Å². The first-order valence-corrected chi connectivity index (χ1v) is 7.12. The quantitative estimate of drug-likeness (QED) is 0.717. The van der Waals surface area contributed by atoms with Crippen molar-refractivity contribution in [3.63, 3.8) is 0 Å². The molecule has 4 nitrogen and oxygen atoms in total. The van der Waals surface area contributed by atoms with Crippen molar-refractivity contribution in [3.8, 4) is 0 Å². The zero-order valence-corrected chi connectivity index (χ0v) is 9.57. The molecule has 1 rings (SSSR count). The van der Waals surface area contributed by atoms with Gasteiger partial charge in [-0.25, -0.2) is 13.1 Å². The molecule has 1 atom stereocenters. The van der Waals surface area contributed by atoms with Gasteiger partial charge in [0, 0.05) is 6.54 Å². The van der Waals surface area contributed by atoms with E-state index in [1.807, 2.05) is 0 Å². The summed E-state index contributed by atoms with van der Waals surface area (Å²) in [4.78, 5) is 0. The predicted molar refractivity (Wildman–Crippen MR) is 57.7 cm³/mol. The molecule has 0 aromatic heterocycles. The fraction of sp³-hybridized carbons (Fsp3) is 1.00. The molecule has 14 heavy (non-hydrogen) atoms. The maximum absolute atomic E-state index is 10.8. The van der Waals surface area contributed by atoms with Gasteiger partial charge in [-0.3, -0.25) is 0 Å². The van der Waals surface area contributed by atoms with Crippen LogP contribution in [0.5, 0.6) is 0 Å². The zero-order chi connectivity index (χ0) is 10.4. The lowest BCUT2D eigenvalue weighted by Gasteiger charge is -2.12. The largest absolute Gasteiger partial charge is 0.317 e. The van der Waals surface area contributed by atoms with Crippen LogP contribution in [0.25, 0.3) is 0 Å². The van der Waals surface area contributed by atoms with Crippen LogP contribution in [-0.4, -0.2) is 34.3 Å². The number of hydrogen-bond acceptors (Lipinski definition) is 3. The summed E-state index contributed by atoms with van der Waals surface area (Å²) >= 11 is 0. The van der Waals surface area contributed by atoms with Crippen LogP contribution in [-0.2, 0) is 10.0 Å². The van der Waals surface area contributed by atoms with E-state index in [-0.39, 0.29) is 0 Å². The van der Waals surface area contributed by atoms with E-state index in [0.717, 1.165) is 19.5 Å². The molecule has 2 N–H and O–H groups in total. The van der Waals surface area contributed by atoms with E-state index in [2.05, 4.69) is 10.0 Å². The molecule has 1 aliphatic heterocycles. The molecule has 1 unspecified atom stereocenters. The van der Waals surface area contributed by atoms with Crippen LogP contribution in [0.1, 0.15) is 25.7 Å². The molecule has 1 saturated heterocycles. The second kappa shape index (κ2) is 5.68. The van der Waals surface area contributed by atoms with E-state index >= 15 is 0 Å². The van der Waals surface area contributed by atoms with Crippen molar-refractivity contribution in [2.45, 2.75) is 25.7 Å². The SMILES string of the molecule is CS(=O)(=O)NCCC1CCCNCC1. The highest BCUT2D eigenvalue weighted by molar-refractivity contribution is 7.88. The van der Waals surface area contributed by atoms with E-state index in [9.17, 15) is 8.42 Å². The highest BCUT2D eigenvalue weighted by Crippen LogP contribution is 2.16. The Morgan fingerprint density at radius 3 is 2.86 bits per heavy atom. The lowest BCUT2D eigenvalue weighted by atomic mass is 9.97. The molecule has 0 bridgehead atoms. The molecule has 0 aromatic rings. The van der Waals surface area contributed by atoms with Crippen LogP contribution in [0.4, 0.5) is 0 Å². The van der Waals surface area contributed by atoms with E-state index in [4.69, 9.17) is 0 Å². The molecular formula is C9H20N2O2S. The van der Waals surface area contributed by atoms with Crippen LogP contribution in [0.3, 0.4) is 0 Å².